The van der Waals surface area contributed by atoms with Crippen LogP contribution in [0.15, 0.2) is 48.5 Å². The minimum atomic E-state index is -1.11. The third-order valence-electron chi connectivity index (χ3n) is 4.75. The molecule has 0 amide bonds. The summed E-state index contributed by atoms with van der Waals surface area (Å²) in [6, 6.07) is 14.1. The largest absolute Gasteiger partial charge is 0.388 e. The van der Waals surface area contributed by atoms with E-state index in [2.05, 4.69) is 0 Å². The molecule has 6 atom stereocenters. The molecule has 2 aliphatic rings. The molecule has 0 spiro atoms. The monoisotopic (exact) mass is 426 g/mol. The Kier molecular flexibility index (Phi) is 6.20. The first-order valence-electron chi connectivity index (χ1n) is 8.92. The maximum Gasteiger partial charge on any atom is 0.184 e. The van der Waals surface area contributed by atoms with E-state index in [4.69, 9.17) is 42.1 Å². The third-order valence-corrected chi connectivity index (χ3v) is 5.22. The number of hydrogen-bond donors (Lipinski definition) is 2. The molecule has 2 heterocycles. The number of ether oxygens (including phenoxy) is 4. The molecule has 0 saturated carbocycles. The quantitative estimate of drug-likeness (QED) is 0.767. The lowest BCUT2D eigenvalue weighted by atomic mass is 10.0. The lowest BCUT2D eigenvalue weighted by molar-refractivity contribution is -0.252. The highest BCUT2D eigenvalue weighted by atomic mass is 35.5. The Hall–Kier alpha value is -1.22. The van der Waals surface area contributed by atoms with Gasteiger partial charge in [-0.25, -0.2) is 0 Å². The second-order valence-electron chi connectivity index (χ2n) is 6.77. The lowest BCUT2D eigenvalue weighted by Crippen LogP contribution is -2.50. The molecule has 4 rings (SSSR count). The summed E-state index contributed by atoms with van der Waals surface area (Å²) in [6.07, 6.45) is -5.51. The predicted octanol–water partition coefficient (Wildman–Crippen LogP) is 3.24. The minimum absolute atomic E-state index is 0.0436. The van der Waals surface area contributed by atoms with Crippen LogP contribution in [0.5, 0.6) is 0 Å². The van der Waals surface area contributed by atoms with Crippen molar-refractivity contribution in [1.82, 2.24) is 0 Å². The Bertz CT molecular complexity index is 775. The molecule has 2 aromatic rings. The maximum absolute atomic E-state index is 10.8. The minimum Gasteiger partial charge on any atom is -0.388 e. The fraction of sp³-hybridized carbons (Fsp3) is 0.400. The van der Waals surface area contributed by atoms with Crippen molar-refractivity contribution in [3.8, 4) is 0 Å². The predicted molar refractivity (Wildman–Crippen MR) is 102 cm³/mol. The summed E-state index contributed by atoms with van der Waals surface area (Å²) in [6.45, 7) is -0.0457. The smallest absolute Gasteiger partial charge is 0.184 e. The van der Waals surface area contributed by atoms with Crippen molar-refractivity contribution in [2.75, 3.05) is 13.2 Å². The van der Waals surface area contributed by atoms with Crippen molar-refractivity contribution in [3.63, 3.8) is 0 Å². The molecule has 2 bridgehead atoms. The van der Waals surface area contributed by atoms with Gasteiger partial charge < -0.3 is 29.2 Å². The van der Waals surface area contributed by atoms with E-state index in [9.17, 15) is 10.2 Å². The molecule has 2 aromatic carbocycles. The Morgan fingerprint density at radius 1 is 0.786 bits per heavy atom. The molecule has 8 heteroatoms. The van der Waals surface area contributed by atoms with E-state index in [1.807, 2.05) is 0 Å². The molecule has 2 aliphatic heterocycles. The number of rotatable bonds is 2. The van der Waals surface area contributed by atoms with Crippen molar-refractivity contribution in [1.29, 1.82) is 0 Å². The Balaban J connectivity index is 1.59. The summed E-state index contributed by atoms with van der Waals surface area (Å²) in [4.78, 5) is 0. The summed E-state index contributed by atoms with van der Waals surface area (Å²) in [5, 5.41) is 22.4. The first-order valence-corrected chi connectivity index (χ1v) is 9.68. The Morgan fingerprint density at radius 3 is 1.96 bits per heavy atom. The second-order valence-corrected chi connectivity index (χ2v) is 7.65. The van der Waals surface area contributed by atoms with Gasteiger partial charge in [-0.2, -0.15) is 0 Å². The van der Waals surface area contributed by atoms with Gasteiger partial charge in [0.05, 0.1) is 13.2 Å². The second kappa shape index (κ2) is 8.65. The molecule has 2 N–H and O–H groups in total. The average Bonchev–Trinajstić information content (AvgIpc) is 2.85. The van der Waals surface area contributed by atoms with E-state index in [0.29, 0.717) is 21.2 Å². The molecule has 2 fully saturated rings. The van der Waals surface area contributed by atoms with E-state index in [1.165, 1.54) is 0 Å². The SMILES string of the molecule is O[C@H]1[C@@H]2OC(c3cccc(Cl)c3)OC[C@@H]1OC(c1cccc(Cl)c1)OC[C@H]2O. The van der Waals surface area contributed by atoms with Crippen LogP contribution in [0.2, 0.25) is 10.0 Å². The van der Waals surface area contributed by atoms with Crippen molar-refractivity contribution in [2.45, 2.75) is 37.0 Å². The van der Waals surface area contributed by atoms with Crippen LogP contribution in [0.25, 0.3) is 0 Å². The first-order chi connectivity index (χ1) is 13.5. The molecular weight excluding hydrogens is 407 g/mol. The molecule has 6 nitrogen and oxygen atoms in total. The highest BCUT2D eigenvalue weighted by Gasteiger charge is 2.43. The Labute approximate surface area is 172 Å². The zero-order valence-electron chi connectivity index (χ0n) is 14.8. The molecular formula is C20H20Cl2O6. The van der Waals surface area contributed by atoms with Crippen LogP contribution >= 0.6 is 23.2 Å². The molecule has 0 aromatic heterocycles. The van der Waals surface area contributed by atoms with E-state index in [-0.39, 0.29) is 13.2 Å². The summed E-state index contributed by atoms with van der Waals surface area (Å²) < 4.78 is 23.4. The first kappa shape index (κ1) is 20.1. The number of aliphatic hydroxyl groups excluding tert-OH is 2. The highest BCUT2D eigenvalue weighted by molar-refractivity contribution is 6.30. The van der Waals surface area contributed by atoms with E-state index < -0.39 is 37.0 Å². The maximum atomic E-state index is 10.8. The third kappa shape index (κ3) is 4.35. The molecule has 0 radical (unpaired) electrons. The van der Waals surface area contributed by atoms with Crippen molar-refractivity contribution in [3.05, 3.63) is 69.7 Å². The van der Waals surface area contributed by atoms with Crippen LogP contribution in [0.3, 0.4) is 0 Å². The number of aliphatic hydroxyl groups is 2. The van der Waals surface area contributed by atoms with Crippen LogP contribution in [0, 0.1) is 0 Å². The van der Waals surface area contributed by atoms with Gasteiger partial charge in [0.25, 0.3) is 0 Å². The normalized spacial score (nSPS) is 33.6. The van der Waals surface area contributed by atoms with Crippen LogP contribution in [0.4, 0.5) is 0 Å². The van der Waals surface area contributed by atoms with Crippen molar-refractivity contribution < 1.29 is 29.2 Å². The van der Waals surface area contributed by atoms with Crippen LogP contribution in [-0.4, -0.2) is 47.8 Å². The lowest BCUT2D eigenvalue weighted by Gasteiger charge is -2.35. The highest BCUT2D eigenvalue weighted by Crippen LogP contribution is 2.34. The van der Waals surface area contributed by atoms with Gasteiger partial charge in [-0.3, -0.25) is 0 Å². The van der Waals surface area contributed by atoms with Gasteiger partial charge in [0, 0.05) is 21.2 Å². The van der Waals surface area contributed by atoms with Gasteiger partial charge in [0.2, 0.25) is 0 Å². The van der Waals surface area contributed by atoms with Crippen molar-refractivity contribution >= 4 is 23.2 Å². The van der Waals surface area contributed by atoms with Gasteiger partial charge in [-0.05, 0) is 24.3 Å². The summed E-state index contributed by atoms with van der Waals surface area (Å²) in [5.74, 6) is 0. The van der Waals surface area contributed by atoms with Gasteiger partial charge in [0.15, 0.2) is 12.6 Å². The summed E-state index contributed by atoms with van der Waals surface area (Å²) in [7, 11) is 0. The summed E-state index contributed by atoms with van der Waals surface area (Å²) in [5.41, 5.74) is 1.37. The van der Waals surface area contributed by atoms with Crippen LogP contribution < -0.4 is 0 Å². The molecule has 28 heavy (non-hydrogen) atoms. The fourth-order valence-electron chi connectivity index (χ4n) is 3.33. The average molecular weight is 427 g/mol. The van der Waals surface area contributed by atoms with E-state index >= 15 is 0 Å². The zero-order chi connectivity index (χ0) is 19.7. The molecule has 150 valence electrons. The van der Waals surface area contributed by atoms with E-state index in [0.717, 1.165) is 0 Å². The number of benzene rings is 2. The zero-order valence-corrected chi connectivity index (χ0v) is 16.3. The van der Waals surface area contributed by atoms with Crippen molar-refractivity contribution in [2.24, 2.45) is 0 Å². The summed E-state index contributed by atoms with van der Waals surface area (Å²) >= 11 is 12.1. The van der Waals surface area contributed by atoms with Gasteiger partial charge >= 0.3 is 0 Å². The molecule has 0 aliphatic carbocycles. The van der Waals surface area contributed by atoms with Gasteiger partial charge in [-0.1, -0.05) is 47.5 Å². The molecule has 2 saturated heterocycles. The Morgan fingerprint density at radius 2 is 1.36 bits per heavy atom. The van der Waals surface area contributed by atoms with E-state index in [1.54, 1.807) is 48.5 Å². The number of hydrogen-bond acceptors (Lipinski definition) is 6. The molecule has 2 unspecified atom stereocenters. The topological polar surface area (TPSA) is 77.4 Å². The van der Waals surface area contributed by atoms with Crippen LogP contribution in [0.1, 0.15) is 23.7 Å². The standard InChI is InChI=1S/C20H20Cl2O6/c21-13-5-1-3-11(7-13)19-25-9-15(23)18-17(24)16(27-19)10-26-20(28-18)12-4-2-6-14(22)8-12/h1-8,15-20,23-24H,9-10H2/t15-,16+,17-,18-,19?,20?/m1/s1. The van der Waals surface area contributed by atoms with Gasteiger partial charge in [0.1, 0.15) is 24.4 Å². The van der Waals surface area contributed by atoms with Gasteiger partial charge in [-0.15, -0.1) is 0 Å². The number of fused-ring (bicyclic) bond motifs is 2. The fourth-order valence-corrected chi connectivity index (χ4v) is 3.73. The van der Waals surface area contributed by atoms with Crippen LogP contribution in [-0.2, 0) is 18.9 Å². The number of halogens is 2.